The van der Waals surface area contributed by atoms with E-state index < -0.39 is 0 Å². The van der Waals surface area contributed by atoms with Gasteiger partial charge in [0.25, 0.3) is 0 Å². The number of aliphatic hydroxyl groups is 2. The third-order valence-corrected chi connectivity index (χ3v) is 11.0. The Kier molecular flexibility index (Phi) is 6.21. The monoisotopic (exact) mass is 418 g/mol. The average molecular weight is 419 g/mol. The molecule has 0 aromatic heterocycles. The molecule has 0 bridgehead atoms. The van der Waals surface area contributed by atoms with Crippen molar-refractivity contribution in [3.8, 4) is 0 Å². The predicted molar refractivity (Wildman–Crippen MR) is 121 cm³/mol. The Labute approximate surface area is 184 Å². The van der Waals surface area contributed by atoms with Gasteiger partial charge >= 0.3 is 0 Å². The van der Waals surface area contributed by atoms with Crippen LogP contribution in [0.25, 0.3) is 0 Å². The van der Waals surface area contributed by atoms with Crippen LogP contribution in [0.15, 0.2) is 0 Å². The number of aliphatic hydroxyl groups excluding tert-OH is 2. The van der Waals surface area contributed by atoms with E-state index in [0.29, 0.717) is 47.2 Å². The van der Waals surface area contributed by atoms with E-state index in [4.69, 9.17) is 0 Å². The largest absolute Gasteiger partial charge is 0.393 e. The first-order chi connectivity index (χ1) is 14.1. The van der Waals surface area contributed by atoms with Gasteiger partial charge in [0, 0.05) is 12.3 Å². The van der Waals surface area contributed by atoms with Gasteiger partial charge in [0.1, 0.15) is 5.78 Å². The van der Waals surface area contributed by atoms with Gasteiger partial charge in [-0.3, -0.25) is 4.79 Å². The highest BCUT2D eigenvalue weighted by Gasteiger charge is 2.63. The fourth-order valence-electron chi connectivity index (χ4n) is 9.02. The molecule has 10 atom stereocenters. The molecule has 4 aliphatic rings. The third-order valence-electron chi connectivity index (χ3n) is 11.0. The molecule has 172 valence electrons. The molecule has 0 aromatic rings. The number of rotatable bonds is 5. The fourth-order valence-corrected chi connectivity index (χ4v) is 9.02. The van der Waals surface area contributed by atoms with Crippen LogP contribution in [-0.2, 0) is 4.79 Å². The van der Waals surface area contributed by atoms with Gasteiger partial charge in [0.15, 0.2) is 0 Å². The van der Waals surface area contributed by atoms with Crippen molar-refractivity contribution in [2.75, 3.05) is 0 Å². The number of fused-ring (bicyclic) bond motifs is 5. The summed E-state index contributed by atoms with van der Waals surface area (Å²) >= 11 is 0. The molecule has 3 heteroatoms. The fraction of sp³-hybridized carbons (Fsp3) is 0.963. The van der Waals surface area contributed by atoms with E-state index in [0.717, 1.165) is 38.0 Å². The standard InChI is InChI=1S/C27H46O3/c1-16(2)24(29)11-6-17(3)21-9-10-22-20-8-7-18-14-19(28)12-13-26(18,4)23(20)15-25(30)27(21,22)5/h16-23,25,28,30H,6-15H2,1-5H3/t17-,18-,19-,20+,21-,22+,23+,25+,26+,27-/m1/s1. The van der Waals surface area contributed by atoms with Crippen molar-refractivity contribution in [1.82, 2.24) is 0 Å². The zero-order chi connectivity index (χ0) is 21.8. The van der Waals surface area contributed by atoms with Crippen LogP contribution in [0.4, 0.5) is 0 Å². The van der Waals surface area contributed by atoms with Crippen molar-refractivity contribution in [3.63, 3.8) is 0 Å². The Morgan fingerprint density at radius 1 is 0.967 bits per heavy atom. The maximum atomic E-state index is 12.2. The molecular formula is C27H46O3. The molecule has 0 aliphatic heterocycles. The minimum Gasteiger partial charge on any atom is -0.393 e. The van der Waals surface area contributed by atoms with Crippen LogP contribution in [0.5, 0.6) is 0 Å². The van der Waals surface area contributed by atoms with E-state index in [1.165, 1.54) is 25.7 Å². The summed E-state index contributed by atoms with van der Waals surface area (Å²) in [5, 5.41) is 21.9. The lowest BCUT2D eigenvalue weighted by Crippen LogP contribution is -2.58. The van der Waals surface area contributed by atoms with Crippen molar-refractivity contribution >= 4 is 5.78 Å². The van der Waals surface area contributed by atoms with E-state index in [1.807, 2.05) is 13.8 Å². The first-order valence-electron chi connectivity index (χ1n) is 13.0. The summed E-state index contributed by atoms with van der Waals surface area (Å²) in [4.78, 5) is 12.2. The second-order valence-electron chi connectivity index (χ2n) is 12.5. The summed E-state index contributed by atoms with van der Waals surface area (Å²) in [7, 11) is 0. The Balaban J connectivity index is 1.52. The molecule has 30 heavy (non-hydrogen) atoms. The summed E-state index contributed by atoms with van der Waals surface area (Å²) in [5.74, 6) is 4.19. The molecule has 4 rings (SSSR count). The Morgan fingerprint density at radius 2 is 1.70 bits per heavy atom. The number of carbonyl (C=O) groups excluding carboxylic acids is 1. The molecule has 0 amide bonds. The smallest absolute Gasteiger partial charge is 0.135 e. The number of ketones is 1. The van der Waals surface area contributed by atoms with Gasteiger partial charge < -0.3 is 10.2 Å². The maximum absolute atomic E-state index is 12.2. The van der Waals surface area contributed by atoms with Crippen molar-refractivity contribution in [1.29, 1.82) is 0 Å². The van der Waals surface area contributed by atoms with E-state index >= 15 is 0 Å². The summed E-state index contributed by atoms with van der Waals surface area (Å²) in [5.41, 5.74) is 0.316. The summed E-state index contributed by atoms with van der Waals surface area (Å²) in [6.45, 7) is 11.2. The molecular weight excluding hydrogens is 372 g/mol. The predicted octanol–water partition coefficient (Wildman–Crippen LogP) is 5.62. The van der Waals surface area contributed by atoms with Crippen LogP contribution in [0.2, 0.25) is 0 Å². The van der Waals surface area contributed by atoms with Crippen LogP contribution in [0.1, 0.15) is 98.8 Å². The number of hydrogen-bond acceptors (Lipinski definition) is 3. The molecule has 0 saturated heterocycles. The van der Waals surface area contributed by atoms with E-state index in [9.17, 15) is 15.0 Å². The topological polar surface area (TPSA) is 57.5 Å². The second-order valence-corrected chi connectivity index (χ2v) is 12.5. The first kappa shape index (κ1) is 22.8. The SMILES string of the molecule is CC(C)C(=O)CC[C@@H](C)[C@H]1CC[C@H]2[C@@H]3CC[C@@H]4C[C@H](O)CC[C@]4(C)[C@H]3C[C@H](O)[C@]12C. The van der Waals surface area contributed by atoms with Crippen LogP contribution < -0.4 is 0 Å². The lowest BCUT2D eigenvalue weighted by atomic mass is 9.43. The minimum absolute atomic E-state index is 0.0127. The van der Waals surface area contributed by atoms with Crippen LogP contribution >= 0.6 is 0 Å². The Hall–Kier alpha value is -0.410. The van der Waals surface area contributed by atoms with Gasteiger partial charge in [0.2, 0.25) is 0 Å². The van der Waals surface area contributed by atoms with Gasteiger partial charge in [-0.1, -0.05) is 34.6 Å². The van der Waals surface area contributed by atoms with Crippen molar-refractivity contribution in [3.05, 3.63) is 0 Å². The summed E-state index contributed by atoms with van der Waals surface area (Å²) in [6.07, 6.45) is 10.4. The third kappa shape index (κ3) is 3.51. The average Bonchev–Trinajstić information content (AvgIpc) is 3.06. The lowest BCUT2D eigenvalue weighted by Gasteiger charge is -2.62. The molecule has 4 fully saturated rings. The van der Waals surface area contributed by atoms with E-state index in [2.05, 4.69) is 20.8 Å². The molecule has 2 N–H and O–H groups in total. The van der Waals surface area contributed by atoms with Crippen LogP contribution in [0.3, 0.4) is 0 Å². The number of hydrogen-bond donors (Lipinski definition) is 2. The maximum Gasteiger partial charge on any atom is 0.135 e. The van der Waals surface area contributed by atoms with Crippen LogP contribution in [-0.4, -0.2) is 28.2 Å². The molecule has 0 unspecified atom stereocenters. The molecule has 4 aliphatic carbocycles. The normalized spacial score (nSPS) is 49.3. The molecule has 0 spiro atoms. The lowest BCUT2D eigenvalue weighted by molar-refractivity contribution is -0.175. The van der Waals surface area contributed by atoms with Crippen molar-refractivity contribution in [2.45, 2.75) is 111 Å². The highest BCUT2D eigenvalue weighted by molar-refractivity contribution is 5.80. The van der Waals surface area contributed by atoms with Gasteiger partial charge in [-0.05, 0) is 104 Å². The van der Waals surface area contributed by atoms with Gasteiger partial charge in [-0.15, -0.1) is 0 Å². The highest BCUT2D eigenvalue weighted by Crippen LogP contribution is 2.68. The quantitative estimate of drug-likeness (QED) is 0.609. The zero-order valence-electron chi connectivity index (χ0n) is 20.1. The number of carbonyl (C=O) groups is 1. The Morgan fingerprint density at radius 3 is 2.40 bits per heavy atom. The van der Waals surface area contributed by atoms with Gasteiger partial charge in [-0.2, -0.15) is 0 Å². The zero-order valence-corrected chi connectivity index (χ0v) is 20.1. The van der Waals surface area contributed by atoms with E-state index in [-0.39, 0.29) is 23.5 Å². The second kappa shape index (κ2) is 8.18. The summed E-state index contributed by atoms with van der Waals surface area (Å²) in [6, 6.07) is 0. The van der Waals surface area contributed by atoms with Crippen molar-refractivity contribution < 1.29 is 15.0 Å². The molecule has 3 nitrogen and oxygen atoms in total. The Bertz CT molecular complexity index is 644. The van der Waals surface area contributed by atoms with Crippen LogP contribution in [0, 0.1) is 52.3 Å². The first-order valence-corrected chi connectivity index (χ1v) is 13.0. The van der Waals surface area contributed by atoms with Gasteiger partial charge in [-0.25, -0.2) is 0 Å². The number of Topliss-reactive ketones (excluding diaryl/α,β-unsaturated/α-hetero) is 1. The minimum atomic E-state index is -0.220. The molecule has 0 heterocycles. The van der Waals surface area contributed by atoms with Crippen molar-refractivity contribution in [2.24, 2.45) is 52.3 Å². The highest BCUT2D eigenvalue weighted by atomic mass is 16.3. The van der Waals surface area contributed by atoms with E-state index in [1.54, 1.807) is 0 Å². The molecule has 0 radical (unpaired) electrons. The molecule has 0 aromatic carbocycles. The summed E-state index contributed by atoms with van der Waals surface area (Å²) < 4.78 is 0. The molecule has 4 saturated carbocycles. The van der Waals surface area contributed by atoms with Gasteiger partial charge in [0.05, 0.1) is 12.2 Å².